The van der Waals surface area contributed by atoms with Crippen LogP contribution in [0.1, 0.15) is 18.1 Å². The number of nitrogens with zero attached hydrogens (tertiary/aromatic N) is 5. The van der Waals surface area contributed by atoms with Crippen LogP contribution >= 0.6 is 12.2 Å². The first kappa shape index (κ1) is 19.5. The van der Waals surface area contributed by atoms with Crippen molar-refractivity contribution in [2.24, 2.45) is 0 Å². The minimum absolute atomic E-state index is 0.712. The van der Waals surface area contributed by atoms with E-state index in [2.05, 4.69) is 34.9 Å². The number of rotatable bonds is 6. The van der Waals surface area contributed by atoms with Gasteiger partial charge in [-0.1, -0.05) is 12.1 Å². The van der Waals surface area contributed by atoms with Gasteiger partial charge in [-0.2, -0.15) is 0 Å². The predicted molar refractivity (Wildman–Crippen MR) is 117 cm³/mol. The quantitative estimate of drug-likeness (QED) is 0.564. The molecule has 2 aliphatic rings. The maximum atomic E-state index is 5.68. The Balaban J connectivity index is 1.21. The van der Waals surface area contributed by atoms with E-state index in [1.807, 2.05) is 21.4 Å². The smallest absolute Gasteiger partial charge is 0.199 e. The van der Waals surface area contributed by atoms with E-state index >= 15 is 0 Å². The maximum Gasteiger partial charge on any atom is 0.199 e. The van der Waals surface area contributed by atoms with Crippen molar-refractivity contribution in [1.29, 1.82) is 0 Å². The van der Waals surface area contributed by atoms with Gasteiger partial charge in [0.05, 0.1) is 19.5 Å². The molecule has 0 unspecified atom stereocenters. The molecule has 2 aliphatic heterocycles. The number of furan rings is 1. The van der Waals surface area contributed by atoms with Crippen molar-refractivity contribution in [1.82, 2.24) is 24.1 Å². The molecule has 8 heteroatoms. The molecule has 0 spiro atoms. The fourth-order valence-corrected chi connectivity index (χ4v) is 4.60. The van der Waals surface area contributed by atoms with Crippen LogP contribution in [0.25, 0.3) is 11.6 Å². The molecule has 0 aliphatic carbocycles. The molecule has 2 aromatic heterocycles. The average Bonchev–Trinajstić information content (AvgIpc) is 3.50. The molecule has 1 aromatic carbocycles. The molecule has 30 heavy (non-hydrogen) atoms. The minimum Gasteiger partial charge on any atom is -0.493 e. The largest absolute Gasteiger partial charge is 0.493 e. The third-order valence-electron chi connectivity index (χ3n) is 5.94. The van der Waals surface area contributed by atoms with Gasteiger partial charge in [-0.25, -0.2) is 4.68 Å². The van der Waals surface area contributed by atoms with E-state index in [1.54, 1.807) is 6.26 Å². The highest BCUT2D eigenvalue weighted by molar-refractivity contribution is 7.71. The Bertz CT molecular complexity index is 1060. The van der Waals surface area contributed by atoms with Gasteiger partial charge in [-0.05, 0) is 48.5 Å². The van der Waals surface area contributed by atoms with Crippen LogP contribution in [0.4, 0.5) is 0 Å². The Labute approximate surface area is 181 Å². The SMILES string of the molecule is CCn1c(-c2ccco2)nn(CN2CCN(Cc3ccc4c(c3)CCO4)CC2)c1=S. The van der Waals surface area contributed by atoms with E-state index in [0.717, 1.165) is 74.4 Å². The van der Waals surface area contributed by atoms with E-state index in [-0.39, 0.29) is 0 Å². The van der Waals surface area contributed by atoms with Gasteiger partial charge in [0, 0.05) is 45.7 Å². The Kier molecular flexibility index (Phi) is 5.45. The van der Waals surface area contributed by atoms with Gasteiger partial charge in [0.25, 0.3) is 0 Å². The van der Waals surface area contributed by atoms with Gasteiger partial charge in [0.1, 0.15) is 5.75 Å². The zero-order valence-corrected chi connectivity index (χ0v) is 18.1. The molecule has 0 N–H and O–H groups in total. The summed E-state index contributed by atoms with van der Waals surface area (Å²) in [5.41, 5.74) is 2.72. The van der Waals surface area contributed by atoms with E-state index < -0.39 is 0 Å². The van der Waals surface area contributed by atoms with Crippen molar-refractivity contribution in [2.45, 2.75) is 33.1 Å². The van der Waals surface area contributed by atoms with Crippen LogP contribution in [0.5, 0.6) is 5.75 Å². The first-order valence-electron chi connectivity index (χ1n) is 10.6. The first-order chi connectivity index (χ1) is 14.7. The second-order valence-corrected chi connectivity index (χ2v) is 8.27. The molecule has 0 bridgehead atoms. The fourth-order valence-electron chi connectivity index (χ4n) is 4.28. The van der Waals surface area contributed by atoms with E-state index in [0.29, 0.717) is 6.67 Å². The van der Waals surface area contributed by atoms with E-state index in [4.69, 9.17) is 26.5 Å². The molecule has 158 valence electrons. The second-order valence-electron chi connectivity index (χ2n) is 7.90. The number of piperazine rings is 1. The first-order valence-corrected chi connectivity index (χ1v) is 11.0. The minimum atomic E-state index is 0.712. The average molecular weight is 426 g/mol. The highest BCUT2D eigenvalue weighted by Crippen LogP contribution is 2.26. The Morgan fingerprint density at radius 1 is 1.10 bits per heavy atom. The van der Waals surface area contributed by atoms with Crippen molar-refractivity contribution in [2.75, 3.05) is 32.8 Å². The number of hydrogen-bond donors (Lipinski definition) is 0. The lowest BCUT2D eigenvalue weighted by Gasteiger charge is -2.34. The lowest BCUT2D eigenvalue weighted by molar-refractivity contribution is 0.0980. The molecule has 0 amide bonds. The Morgan fingerprint density at radius 2 is 1.93 bits per heavy atom. The Hall–Kier alpha value is -2.42. The molecule has 0 saturated carbocycles. The van der Waals surface area contributed by atoms with Crippen LogP contribution in [-0.2, 0) is 26.2 Å². The summed E-state index contributed by atoms with van der Waals surface area (Å²) in [4.78, 5) is 4.94. The molecule has 5 rings (SSSR count). The van der Waals surface area contributed by atoms with Crippen LogP contribution in [-0.4, -0.2) is 56.9 Å². The van der Waals surface area contributed by atoms with E-state index in [1.165, 1.54) is 11.1 Å². The third kappa shape index (κ3) is 3.82. The Morgan fingerprint density at radius 3 is 2.70 bits per heavy atom. The summed E-state index contributed by atoms with van der Waals surface area (Å²) < 4.78 is 15.9. The number of hydrogen-bond acceptors (Lipinski definition) is 6. The number of benzene rings is 1. The van der Waals surface area contributed by atoms with Gasteiger partial charge in [-0.15, -0.1) is 5.10 Å². The summed E-state index contributed by atoms with van der Waals surface area (Å²) in [6.07, 6.45) is 2.70. The molecular weight excluding hydrogens is 398 g/mol. The molecular formula is C22H27N5O2S. The summed E-state index contributed by atoms with van der Waals surface area (Å²) >= 11 is 5.68. The monoisotopic (exact) mass is 425 g/mol. The second kappa shape index (κ2) is 8.37. The summed E-state index contributed by atoms with van der Waals surface area (Å²) in [5.74, 6) is 2.61. The lowest BCUT2D eigenvalue weighted by atomic mass is 10.1. The maximum absolute atomic E-state index is 5.68. The van der Waals surface area contributed by atoms with Crippen molar-refractivity contribution in [3.05, 3.63) is 52.5 Å². The molecule has 7 nitrogen and oxygen atoms in total. The summed E-state index contributed by atoms with van der Waals surface area (Å²) in [7, 11) is 0. The summed E-state index contributed by atoms with van der Waals surface area (Å²) in [6, 6.07) is 10.4. The van der Waals surface area contributed by atoms with Crippen LogP contribution < -0.4 is 4.74 Å². The number of ether oxygens (including phenoxy) is 1. The molecule has 4 heterocycles. The predicted octanol–water partition coefficient (Wildman–Crippen LogP) is 3.40. The zero-order valence-electron chi connectivity index (χ0n) is 17.3. The summed E-state index contributed by atoms with van der Waals surface area (Å²) in [5, 5.41) is 4.75. The van der Waals surface area contributed by atoms with Crippen LogP contribution in [0.3, 0.4) is 0 Å². The molecule has 0 radical (unpaired) electrons. The zero-order chi connectivity index (χ0) is 20.5. The standard InChI is InChI=1S/C22H27N5O2S/c1-2-26-21(20-4-3-12-28-20)23-27(22(26)30)16-25-10-8-24(9-11-25)15-17-5-6-19-18(14-17)7-13-29-19/h3-6,12,14H,2,7-11,13,15-16H2,1H3. The molecule has 0 atom stereocenters. The fraction of sp³-hybridized carbons (Fsp3) is 0.455. The van der Waals surface area contributed by atoms with Crippen LogP contribution in [0.15, 0.2) is 41.0 Å². The van der Waals surface area contributed by atoms with Crippen molar-refractivity contribution < 1.29 is 9.15 Å². The highest BCUT2D eigenvalue weighted by atomic mass is 32.1. The van der Waals surface area contributed by atoms with Crippen LogP contribution in [0.2, 0.25) is 0 Å². The van der Waals surface area contributed by atoms with Crippen molar-refractivity contribution >= 4 is 12.2 Å². The number of fused-ring (bicyclic) bond motifs is 1. The third-order valence-corrected chi connectivity index (χ3v) is 6.37. The van der Waals surface area contributed by atoms with E-state index in [9.17, 15) is 0 Å². The van der Waals surface area contributed by atoms with Gasteiger partial charge in [0.2, 0.25) is 0 Å². The highest BCUT2D eigenvalue weighted by Gasteiger charge is 2.21. The van der Waals surface area contributed by atoms with Crippen molar-refractivity contribution in [3.8, 4) is 17.3 Å². The molecule has 3 aromatic rings. The normalized spacial score (nSPS) is 17.2. The summed E-state index contributed by atoms with van der Waals surface area (Å²) in [6.45, 7) is 9.47. The van der Waals surface area contributed by atoms with Crippen LogP contribution in [0, 0.1) is 4.77 Å². The molecule has 1 fully saturated rings. The number of aromatic nitrogens is 3. The van der Waals surface area contributed by atoms with Gasteiger partial charge >= 0.3 is 0 Å². The van der Waals surface area contributed by atoms with Gasteiger partial charge in [-0.3, -0.25) is 14.4 Å². The lowest BCUT2D eigenvalue weighted by Crippen LogP contribution is -2.46. The van der Waals surface area contributed by atoms with Crippen molar-refractivity contribution in [3.63, 3.8) is 0 Å². The molecule has 1 saturated heterocycles. The topological polar surface area (TPSA) is 51.6 Å². The van der Waals surface area contributed by atoms with Gasteiger partial charge in [0.15, 0.2) is 16.4 Å². The van der Waals surface area contributed by atoms with Gasteiger partial charge < -0.3 is 9.15 Å².